The van der Waals surface area contributed by atoms with Gasteiger partial charge >= 0.3 is 0 Å². The number of nitrogens with zero attached hydrogens (tertiary/aromatic N) is 2. The van der Waals surface area contributed by atoms with Gasteiger partial charge in [0.05, 0.1) is 11.6 Å². The molecule has 0 radical (unpaired) electrons. The van der Waals surface area contributed by atoms with Gasteiger partial charge in [0.2, 0.25) is 0 Å². The molecule has 0 saturated carbocycles. The number of piperidine rings is 1. The van der Waals surface area contributed by atoms with E-state index in [0.717, 1.165) is 36.0 Å². The summed E-state index contributed by atoms with van der Waals surface area (Å²) in [7, 11) is 0. The Morgan fingerprint density at radius 2 is 2.12 bits per heavy atom. The molecule has 3 nitrogen and oxygen atoms in total. The molecule has 128 valence electrons. The van der Waals surface area contributed by atoms with Gasteiger partial charge in [0, 0.05) is 29.6 Å². The molecule has 24 heavy (non-hydrogen) atoms. The Bertz CT molecular complexity index is 723. The second-order valence-electron chi connectivity index (χ2n) is 7.47. The SMILES string of the molecule is C=CC1(C)CN([C@@H](C)C(O)c2ccnc3ccccc23)CCC1C. The van der Waals surface area contributed by atoms with Crippen molar-refractivity contribution in [1.29, 1.82) is 0 Å². The van der Waals surface area contributed by atoms with E-state index < -0.39 is 6.10 Å². The minimum absolute atomic E-state index is 0.0579. The van der Waals surface area contributed by atoms with E-state index in [2.05, 4.69) is 43.3 Å². The summed E-state index contributed by atoms with van der Waals surface area (Å²) in [6.07, 6.45) is 4.49. The average molecular weight is 324 g/mol. The fourth-order valence-electron chi connectivity index (χ4n) is 3.81. The summed E-state index contributed by atoms with van der Waals surface area (Å²) in [5.41, 5.74) is 2.00. The maximum atomic E-state index is 11.1. The van der Waals surface area contributed by atoms with E-state index in [1.165, 1.54) is 0 Å². The lowest BCUT2D eigenvalue weighted by Crippen LogP contribution is -2.50. The smallest absolute Gasteiger partial charge is 0.0949 e. The Balaban J connectivity index is 1.86. The first-order chi connectivity index (χ1) is 11.5. The van der Waals surface area contributed by atoms with Crippen LogP contribution in [0.1, 0.15) is 38.9 Å². The van der Waals surface area contributed by atoms with Gasteiger partial charge in [-0.15, -0.1) is 6.58 Å². The third kappa shape index (κ3) is 2.99. The maximum Gasteiger partial charge on any atom is 0.0949 e. The highest BCUT2D eigenvalue weighted by atomic mass is 16.3. The third-order valence-electron chi connectivity index (χ3n) is 6.02. The number of hydrogen-bond acceptors (Lipinski definition) is 3. The zero-order chi connectivity index (χ0) is 17.3. The van der Waals surface area contributed by atoms with Crippen LogP contribution in [-0.4, -0.2) is 34.1 Å². The Morgan fingerprint density at radius 1 is 1.38 bits per heavy atom. The van der Waals surface area contributed by atoms with Gasteiger partial charge in [-0.2, -0.15) is 0 Å². The Kier molecular flexibility index (Phi) is 4.75. The molecule has 1 aromatic heterocycles. The number of fused-ring (bicyclic) bond motifs is 1. The van der Waals surface area contributed by atoms with Crippen LogP contribution in [0.5, 0.6) is 0 Å². The summed E-state index contributed by atoms with van der Waals surface area (Å²) >= 11 is 0. The number of rotatable bonds is 4. The van der Waals surface area contributed by atoms with Crippen LogP contribution in [0.15, 0.2) is 49.2 Å². The van der Waals surface area contributed by atoms with E-state index in [-0.39, 0.29) is 11.5 Å². The van der Waals surface area contributed by atoms with Crippen LogP contribution in [-0.2, 0) is 0 Å². The predicted octanol–water partition coefficient (Wildman–Crippen LogP) is 4.19. The van der Waals surface area contributed by atoms with E-state index in [0.29, 0.717) is 5.92 Å². The molecule has 1 N–H and O–H groups in total. The minimum Gasteiger partial charge on any atom is -0.387 e. The molecule has 2 aromatic rings. The van der Waals surface area contributed by atoms with Crippen LogP contribution in [0.2, 0.25) is 0 Å². The highest BCUT2D eigenvalue weighted by Gasteiger charge is 2.37. The van der Waals surface area contributed by atoms with E-state index in [4.69, 9.17) is 0 Å². The first-order valence-corrected chi connectivity index (χ1v) is 8.85. The number of benzene rings is 1. The highest BCUT2D eigenvalue weighted by molar-refractivity contribution is 5.82. The van der Waals surface area contributed by atoms with E-state index in [1.807, 2.05) is 30.3 Å². The predicted molar refractivity (Wildman–Crippen MR) is 99.8 cm³/mol. The number of pyridine rings is 1. The van der Waals surface area contributed by atoms with Crippen molar-refractivity contribution in [2.45, 2.75) is 39.3 Å². The Labute approximate surface area is 145 Å². The lowest BCUT2D eigenvalue weighted by Gasteiger charge is -2.46. The average Bonchev–Trinajstić information content (AvgIpc) is 2.62. The van der Waals surface area contributed by atoms with Gasteiger partial charge in [0.25, 0.3) is 0 Å². The summed E-state index contributed by atoms with van der Waals surface area (Å²) in [5, 5.41) is 12.1. The van der Waals surface area contributed by atoms with Gasteiger partial charge in [-0.05, 0) is 43.5 Å². The highest BCUT2D eigenvalue weighted by Crippen LogP contribution is 2.38. The van der Waals surface area contributed by atoms with E-state index in [1.54, 1.807) is 6.20 Å². The molecule has 4 atom stereocenters. The van der Waals surface area contributed by atoms with Gasteiger partial charge in [-0.3, -0.25) is 9.88 Å². The monoisotopic (exact) mass is 324 g/mol. The molecular formula is C21H28N2O. The molecule has 2 heterocycles. The van der Waals surface area contributed by atoms with Crippen molar-refractivity contribution in [3.8, 4) is 0 Å². The summed E-state index contributed by atoms with van der Waals surface area (Å²) in [6.45, 7) is 12.7. The fraction of sp³-hybridized carbons (Fsp3) is 0.476. The second-order valence-corrected chi connectivity index (χ2v) is 7.47. The minimum atomic E-state index is -0.527. The standard InChI is InChI=1S/C21H28N2O/c1-5-21(4)14-23(13-11-15(21)2)16(3)20(24)18-10-12-22-19-9-7-6-8-17(18)19/h5-10,12,15-16,20,24H,1,11,13-14H2,2-4H3/t15?,16-,20?,21?/m0/s1. The molecule has 1 aliphatic heterocycles. The van der Waals surface area contributed by atoms with Crippen LogP contribution < -0.4 is 0 Å². The number of aromatic nitrogens is 1. The van der Waals surface area contributed by atoms with Crippen molar-refractivity contribution in [2.75, 3.05) is 13.1 Å². The number of hydrogen-bond donors (Lipinski definition) is 1. The second kappa shape index (κ2) is 6.66. The molecule has 1 aromatic carbocycles. The molecule has 0 aliphatic carbocycles. The molecule has 3 heteroatoms. The van der Waals surface area contributed by atoms with Crippen LogP contribution in [0.4, 0.5) is 0 Å². The lowest BCUT2D eigenvalue weighted by atomic mass is 9.73. The van der Waals surface area contributed by atoms with Crippen molar-refractivity contribution in [2.24, 2.45) is 11.3 Å². The topological polar surface area (TPSA) is 36.4 Å². The van der Waals surface area contributed by atoms with Crippen molar-refractivity contribution < 1.29 is 5.11 Å². The molecule has 1 fully saturated rings. The van der Waals surface area contributed by atoms with E-state index >= 15 is 0 Å². The first-order valence-electron chi connectivity index (χ1n) is 8.85. The first kappa shape index (κ1) is 17.1. The van der Waals surface area contributed by atoms with Crippen LogP contribution in [0, 0.1) is 11.3 Å². The molecule has 0 amide bonds. The molecule has 0 spiro atoms. The molecule has 1 aliphatic rings. The largest absolute Gasteiger partial charge is 0.387 e. The molecule has 1 saturated heterocycles. The molecule has 0 bridgehead atoms. The Hall–Kier alpha value is -1.71. The lowest BCUT2D eigenvalue weighted by molar-refractivity contribution is 0.00209. The third-order valence-corrected chi connectivity index (χ3v) is 6.02. The van der Waals surface area contributed by atoms with Gasteiger partial charge in [0.1, 0.15) is 0 Å². The number of aliphatic hydroxyl groups is 1. The van der Waals surface area contributed by atoms with Crippen molar-refractivity contribution >= 4 is 10.9 Å². The van der Waals surface area contributed by atoms with Crippen molar-refractivity contribution in [3.63, 3.8) is 0 Å². The molecule has 3 unspecified atom stereocenters. The van der Waals surface area contributed by atoms with Crippen molar-refractivity contribution in [1.82, 2.24) is 9.88 Å². The van der Waals surface area contributed by atoms with E-state index in [9.17, 15) is 5.11 Å². The number of aliphatic hydroxyl groups excluding tert-OH is 1. The summed E-state index contributed by atoms with van der Waals surface area (Å²) in [4.78, 5) is 6.81. The summed E-state index contributed by atoms with van der Waals surface area (Å²) < 4.78 is 0. The van der Waals surface area contributed by atoms with Crippen LogP contribution >= 0.6 is 0 Å². The molecule has 3 rings (SSSR count). The zero-order valence-corrected chi connectivity index (χ0v) is 14.9. The number of para-hydroxylation sites is 1. The quantitative estimate of drug-likeness (QED) is 0.857. The van der Waals surface area contributed by atoms with Crippen LogP contribution in [0.25, 0.3) is 10.9 Å². The molecular weight excluding hydrogens is 296 g/mol. The fourth-order valence-corrected chi connectivity index (χ4v) is 3.81. The van der Waals surface area contributed by atoms with Gasteiger partial charge in [-0.1, -0.05) is 38.1 Å². The van der Waals surface area contributed by atoms with Gasteiger partial charge in [0.15, 0.2) is 0 Å². The maximum absolute atomic E-state index is 11.1. The van der Waals surface area contributed by atoms with Crippen LogP contribution in [0.3, 0.4) is 0 Å². The normalized spacial score (nSPS) is 27.8. The van der Waals surface area contributed by atoms with Crippen molar-refractivity contribution in [3.05, 3.63) is 54.7 Å². The zero-order valence-electron chi connectivity index (χ0n) is 14.9. The van der Waals surface area contributed by atoms with Gasteiger partial charge < -0.3 is 5.11 Å². The summed E-state index contributed by atoms with van der Waals surface area (Å²) in [6, 6.07) is 10.0. The Morgan fingerprint density at radius 3 is 2.88 bits per heavy atom. The van der Waals surface area contributed by atoms with Gasteiger partial charge in [-0.25, -0.2) is 0 Å². The number of likely N-dealkylation sites (tertiary alicyclic amines) is 1. The summed E-state index contributed by atoms with van der Waals surface area (Å²) in [5.74, 6) is 0.623.